The summed E-state index contributed by atoms with van der Waals surface area (Å²) in [6.07, 6.45) is 9.07. The lowest BCUT2D eigenvalue weighted by Gasteiger charge is -2.36. The molecule has 2 fully saturated rings. The largest absolute Gasteiger partial charge is 0.393 e. The number of amides is 1. The van der Waals surface area contributed by atoms with Gasteiger partial charge in [-0.3, -0.25) is 9.78 Å². The highest BCUT2D eigenvalue weighted by molar-refractivity contribution is 5.93. The van der Waals surface area contributed by atoms with Gasteiger partial charge in [0.2, 0.25) is 0 Å². The molecule has 2 aromatic heterocycles. The number of aromatic nitrogens is 2. The Labute approximate surface area is 146 Å². The van der Waals surface area contributed by atoms with Gasteiger partial charge in [-0.25, -0.2) is 0 Å². The topological polar surface area (TPSA) is 79.5 Å². The van der Waals surface area contributed by atoms with Crippen molar-refractivity contribution in [2.24, 2.45) is 5.92 Å². The lowest BCUT2D eigenvalue weighted by molar-refractivity contribution is 0.0208. The molecular formula is C19H23N3O3. The first-order valence-electron chi connectivity index (χ1n) is 9.10. The van der Waals surface area contributed by atoms with Crippen molar-refractivity contribution in [2.75, 3.05) is 6.54 Å². The highest BCUT2D eigenvalue weighted by Crippen LogP contribution is 2.35. The molecule has 3 unspecified atom stereocenters. The summed E-state index contributed by atoms with van der Waals surface area (Å²) >= 11 is 0. The summed E-state index contributed by atoms with van der Waals surface area (Å²) in [5, 5.41) is 14.4. The Balaban J connectivity index is 1.53. The Kier molecular flexibility index (Phi) is 4.53. The lowest BCUT2D eigenvalue weighted by atomic mass is 9.80. The van der Waals surface area contributed by atoms with Gasteiger partial charge in [0.25, 0.3) is 5.91 Å². The molecule has 1 N–H and O–H groups in total. The van der Waals surface area contributed by atoms with Gasteiger partial charge < -0.3 is 14.5 Å². The fraction of sp³-hybridized carbons (Fsp3) is 0.526. The summed E-state index contributed by atoms with van der Waals surface area (Å²) in [7, 11) is 0. The van der Waals surface area contributed by atoms with E-state index in [0.29, 0.717) is 11.5 Å². The number of pyridine rings is 1. The Morgan fingerprint density at radius 1 is 1.16 bits per heavy atom. The van der Waals surface area contributed by atoms with Crippen molar-refractivity contribution in [2.45, 2.75) is 50.7 Å². The van der Waals surface area contributed by atoms with Gasteiger partial charge in [-0.1, -0.05) is 18.0 Å². The molecule has 6 nitrogen and oxygen atoms in total. The number of carbonyl (C=O) groups is 1. The molecule has 25 heavy (non-hydrogen) atoms. The van der Waals surface area contributed by atoms with Gasteiger partial charge in [0.15, 0.2) is 11.5 Å². The van der Waals surface area contributed by atoms with Crippen LogP contribution in [0.3, 0.4) is 0 Å². The minimum atomic E-state index is -0.295. The monoisotopic (exact) mass is 341 g/mol. The van der Waals surface area contributed by atoms with E-state index in [1.165, 1.54) is 0 Å². The van der Waals surface area contributed by atoms with Crippen molar-refractivity contribution < 1.29 is 14.4 Å². The van der Waals surface area contributed by atoms with E-state index in [2.05, 4.69) is 10.1 Å². The number of rotatable bonds is 3. The molecule has 1 saturated carbocycles. The van der Waals surface area contributed by atoms with Crippen LogP contribution in [-0.4, -0.2) is 44.7 Å². The predicted octanol–water partition coefficient (Wildman–Crippen LogP) is 2.89. The van der Waals surface area contributed by atoms with Crippen LogP contribution in [0.2, 0.25) is 0 Å². The Morgan fingerprint density at radius 2 is 1.96 bits per heavy atom. The first kappa shape index (κ1) is 16.3. The minimum absolute atomic E-state index is 0.0932. The summed E-state index contributed by atoms with van der Waals surface area (Å²) in [5.74, 6) is 0.662. The lowest BCUT2D eigenvalue weighted by Crippen LogP contribution is -2.45. The number of carbonyl (C=O) groups excluding carboxylic acids is 1. The van der Waals surface area contributed by atoms with Crippen LogP contribution in [0.25, 0.3) is 11.3 Å². The SMILES string of the molecule is O=C(c1cc(-c2ccncc2)on1)N1CCCC1C1CCCCC1O. The molecule has 1 aliphatic heterocycles. The number of hydrogen-bond acceptors (Lipinski definition) is 5. The average molecular weight is 341 g/mol. The van der Waals surface area contributed by atoms with Crippen LogP contribution >= 0.6 is 0 Å². The Morgan fingerprint density at radius 3 is 2.76 bits per heavy atom. The highest BCUT2D eigenvalue weighted by Gasteiger charge is 2.39. The molecule has 132 valence electrons. The van der Waals surface area contributed by atoms with E-state index in [4.69, 9.17) is 4.52 Å². The number of aliphatic hydroxyl groups excluding tert-OH is 1. The van der Waals surface area contributed by atoms with E-state index < -0.39 is 0 Å². The maximum atomic E-state index is 13.0. The predicted molar refractivity (Wildman–Crippen MR) is 91.8 cm³/mol. The fourth-order valence-electron chi connectivity index (χ4n) is 4.25. The quantitative estimate of drug-likeness (QED) is 0.928. The van der Waals surface area contributed by atoms with E-state index in [-0.39, 0.29) is 24.0 Å². The second-order valence-electron chi connectivity index (χ2n) is 7.04. The smallest absolute Gasteiger partial charge is 0.276 e. The van der Waals surface area contributed by atoms with Gasteiger partial charge in [0, 0.05) is 42.5 Å². The summed E-state index contributed by atoms with van der Waals surface area (Å²) < 4.78 is 5.36. The van der Waals surface area contributed by atoms with Gasteiger partial charge in [0.05, 0.1) is 6.10 Å². The summed E-state index contributed by atoms with van der Waals surface area (Å²) in [4.78, 5) is 18.8. The zero-order chi connectivity index (χ0) is 17.2. The number of likely N-dealkylation sites (tertiary alicyclic amines) is 1. The molecule has 6 heteroatoms. The van der Waals surface area contributed by atoms with Crippen molar-refractivity contribution in [1.29, 1.82) is 0 Å². The van der Waals surface area contributed by atoms with E-state index in [1.807, 2.05) is 17.0 Å². The van der Waals surface area contributed by atoms with Crippen molar-refractivity contribution in [3.8, 4) is 11.3 Å². The standard InChI is InChI=1S/C19H23N3O3/c23-17-6-2-1-4-14(17)16-5-3-11-22(16)19(24)15-12-18(25-21-15)13-7-9-20-10-8-13/h7-10,12,14,16-17,23H,1-6,11H2. The first-order valence-corrected chi connectivity index (χ1v) is 9.10. The van der Waals surface area contributed by atoms with Crippen LogP contribution < -0.4 is 0 Å². The zero-order valence-electron chi connectivity index (χ0n) is 14.2. The summed E-state index contributed by atoms with van der Waals surface area (Å²) in [6.45, 7) is 0.726. The highest BCUT2D eigenvalue weighted by atomic mass is 16.5. The Hall–Kier alpha value is -2.21. The molecule has 0 aromatic carbocycles. The minimum Gasteiger partial charge on any atom is -0.393 e. The maximum absolute atomic E-state index is 13.0. The molecule has 4 rings (SSSR count). The summed E-state index contributed by atoms with van der Waals surface area (Å²) in [6, 6.07) is 5.46. The number of aliphatic hydroxyl groups is 1. The van der Waals surface area contributed by atoms with Crippen LogP contribution in [0.15, 0.2) is 35.1 Å². The van der Waals surface area contributed by atoms with Crippen LogP contribution in [0.5, 0.6) is 0 Å². The third-order valence-corrected chi connectivity index (χ3v) is 5.53. The fourth-order valence-corrected chi connectivity index (χ4v) is 4.25. The van der Waals surface area contributed by atoms with Gasteiger partial charge in [0.1, 0.15) is 0 Å². The van der Waals surface area contributed by atoms with Crippen molar-refractivity contribution in [3.63, 3.8) is 0 Å². The molecule has 2 aliphatic rings. The van der Waals surface area contributed by atoms with E-state index in [1.54, 1.807) is 18.5 Å². The third-order valence-electron chi connectivity index (χ3n) is 5.53. The van der Waals surface area contributed by atoms with Crippen molar-refractivity contribution in [3.05, 3.63) is 36.3 Å². The second kappa shape index (κ2) is 6.96. The van der Waals surface area contributed by atoms with Gasteiger partial charge in [-0.15, -0.1) is 0 Å². The molecule has 3 atom stereocenters. The van der Waals surface area contributed by atoms with Crippen LogP contribution in [0.1, 0.15) is 49.0 Å². The van der Waals surface area contributed by atoms with Gasteiger partial charge in [-0.05, 0) is 37.8 Å². The number of hydrogen-bond donors (Lipinski definition) is 1. The van der Waals surface area contributed by atoms with Crippen LogP contribution in [0, 0.1) is 5.92 Å². The van der Waals surface area contributed by atoms with Crippen LogP contribution in [-0.2, 0) is 0 Å². The zero-order valence-corrected chi connectivity index (χ0v) is 14.2. The van der Waals surface area contributed by atoms with E-state index in [9.17, 15) is 9.90 Å². The summed E-state index contributed by atoms with van der Waals surface area (Å²) in [5.41, 5.74) is 1.19. The molecule has 3 heterocycles. The molecule has 2 aromatic rings. The molecule has 0 radical (unpaired) electrons. The van der Waals surface area contributed by atoms with E-state index >= 15 is 0 Å². The molecule has 1 amide bonds. The first-order chi connectivity index (χ1) is 12.2. The van der Waals surface area contributed by atoms with Gasteiger partial charge >= 0.3 is 0 Å². The van der Waals surface area contributed by atoms with Gasteiger partial charge in [-0.2, -0.15) is 0 Å². The molecule has 0 bridgehead atoms. The second-order valence-corrected chi connectivity index (χ2v) is 7.04. The van der Waals surface area contributed by atoms with Crippen molar-refractivity contribution in [1.82, 2.24) is 15.0 Å². The molecular weight excluding hydrogens is 318 g/mol. The van der Waals surface area contributed by atoms with E-state index in [0.717, 1.165) is 50.6 Å². The normalized spacial score (nSPS) is 26.8. The van der Waals surface area contributed by atoms with Crippen LogP contribution in [0.4, 0.5) is 0 Å². The maximum Gasteiger partial charge on any atom is 0.276 e. The molecule has 1 saturated heterocycles. The number of nitrogens with zero attached hydrogens (tertiary/aromatic N) is 3. The average Bonchev–Trinajstić information content (AvgIpc) is 3.32. The molecule has 1 aliphatic carbocycles. The van der Waals surface area contributed by atoms with Crippen molar-refractivity contribution >= 4 is 5.91 Å². The Bertz CT molecular complexity index is 731. The third kappa shape index (κ3) is 3.18. The molecule has 0 spiro atoms.